The summed E-state index contributed by atoms with van der Waals surface area (Å²) in [6, 6.07) is 13.7. The van der Waals surface area contributed by atoms with Gasteiger partial charge >= 0.3 is 0 Å². The standard InChI is InChI=1S/C14H13ClN2/c1-17-14-6-5-11(7-12(14)9-16)10-3-2-4-13(15)8-10/h2-9,16-17H,1H3. The Kier molecular flexibility index (Phi) is 3.45. The molecule has 2 aromatic carbocycles. The summed E-state index contributed by atoms with van der Waals surface area (Å²) in [6.07, 6.45) is 1.35. The molecule has 2 nitrogen and oxygen atoms in total. The van der Waals surface area contributed by atoms with Crippen LogP contribution in [0.25, 0.3) is 11.1 Å². The zero-order valence-electron chi connectivity index (χ0n) is 9.50. The van der Waals surface area contributed by atoms with E-state index >= 15 is 0 Å². The van der Waals surface area contributed by atoms with Gasteiger partial charge in [-0.2, -0.15) is 0 Å². The van der Waals surface area contributed by atoms with E-state index in [1.807, 2.05) is 49.5 Å². The highest BCUT2D eigenvalue weighted by Gasteiger charge is 2.03. The zero-order chi connectivity index (χ0) is 12.3. The van der Waals surface area contributed by atoms with Crippen molar-refractivity contribution in [2.75, 3.05) is 12.4 Å². The maximum atomic E-state index is 7.40. The Morgan fingerprint density at radius 1 is 1.12 bits per heavy atom. The van der Waals surface area contributed by atoms with Crippen molar-refractivity contribution in [1.82, 2.24) is 0 Å². The highest BCUT2D eigenvalue weighted by Crippen LogP contribution is 2.26. The van der Waals surface area contributed by atoms with Gasteiger partial charge in [-0.05, 0) is 35.4 Å². The molecule has 0 atom stereocenters. The molecule has 0 aliphatic rings. The number of hydrogen-bond acceptors (Lipinski definition) is 2. The quantitative estimate of drug-likeness (QED) is 0.786. The SMILES string of the molecule is CNc1ccc(-c2cccc(Cl)c2)cc1C=N. The van der Waals surface area contributed by atoms with E-state index in [1.165, 1.54) is 6.21 Å². The van der Waals surface area contributed by atoms with Crippen molar-refractivity contribution in [2.45, 2.75) is 0 Å². The molecule has 0 bridgehead atoms. The van der Waals surface area contributed by atoms with Gasteiger partial charge in [-0.1, -0.05) is 29.8 Å². The van der Waals surface area contributed by atoms with Crippen molar-refractivity contribution < 1.29 is 0 Å². The van der Waals surface area contributed by atoms with E-state index in [0.29, 0.717) is 0 Å². The monoisotopic (exact) mass is 244 g/mol. The van der Waals surface area contributed by atoms with Crippen LogP contribution in [0.3, 0.4) is 0 Å². The lowest BCUT2D eigenvalue weighted by Crippen LogP contribution is -1.94. The van der Waals surface area contributed by atoms with E-state index < -0.39 is 0 Å². The van der Waals surface area contributed by atoms with Crippen LogP contribution in [-0.2, 0) is 0 Å². The molecule has 0 fully saturated rings. The van der Waals surface area contributed by atoms with Crippen LogP contribution in [0.4, 0.5) is 5.69 Å². The van der Waals surface area contributed by atoms with Crippen molar-refractivity contribution in [1.29, 1.82) is 5.41 Å². The molecule has 0 spiro atoms. The van der Waals surface area contributed by atoms with Gasteiger partial charge < -0.3 is 10.7 Å². The highest BCUT2D eigenvalue weighted by atomic mass is 35.5. The first-order valence-electron chi connectivity index (χ1n) is 5.33. The summed E-state index contributed by atoms with van der Waals surface area (Å²) < 4.78 is 0. The van der Waals surface area contributed by atoms with Crippen LogP contribution in [0.5, 0.6) is 0 Å². The molecule has 0 radical (unpaired) electrons. The molecule has 2 N–H and O–H groups in total. The third-order valence-corrected chi connectivity index (χ3v) is 2.87. The van der Waals surface area contributed by atoms with Gasteiger partial charge in [-0.3, -0.25) is 0 Å². The minimum absolute atomic E-state index is 0.719. The normalized spacial score (nSPS) is 10.0. The van der Waals surface area contributed by atoms with E-state index in [-0.39, 0.29) is 0 Å². The lowest BCUT2D eigenvalue weighted by Gasteiger charge is -2.08. The first-order valence-corrected chi connectivity index (χ1v) is 5.70. The van der Waals surface area contributed by atoms with Crippen LogP contribution in [0.15, 0.2) is 42.5 Å². The minimum Gasteiger partial charge on any atom is -0.388 e. The fourth-order valence-electron chi connectivity index (χ4n) is 1.76. The number of hydrogen-bond donors (Lipinski definition) is 2. The van der Waals surface area contributed by atoms with Crippen LogP contribution in [-0.4, -0.2) is 13.3 Å². The second kappa shape index (κ2) is 5.02. The molecule has 2 aromatic rings. The molecular weight excluding hydrogens is 232 g/mol. The fraction of sp³-hybridized carbons (Fsp3) is 0.0714. The molecule has 0 aliphatic heterocycles. The maximum Gasteiger partial charge on any atom is 0.0426 e. The summed E-state index contributed by atoms with van der Waals surface area (Å²) in [6.45, 7) is 0. The molecule has 0 unspecified atom stereocenters. The first-order chi connectivity index (χ1) is 8.24. The summed E-state index contributed by atoms with van der Waals surface area (Å²) >= 11 is 5.97. The summed E-state index contributed by atoms with van der Waals surface area (Å²) in [5.74, 6) is 0. The van der Waals surface area contributed by atoms with Crippen molar-refractivity contribution >= 4 is 23.5 Å². The van der Waals surface area contributed by atoms with E-state index in [2.05, 4.69) is 5.32 Å². The van der Waals surface area contributed by atoms with Gasteiger partial charge in [0.2, 0.25) is 0 Å². The van der Waals surface area contributed by atoms with Gasteiger partial charge in [-0.25, -0.2) is 0 Å². The molecule has 0 amide bonds. The average molecular weight is 245 g/mol. The average Bonchev–Trinajstić information content (AvgIpc) is 2.38. The Morgan fingerprint density at radius 2 is 1.88 bits per heavy atom. The summed E-state index contributed by atoms with van der Waals surface area (Å²) in [7, 11) is 1.85. The third kappa shape index (κ3) is 2.48. The Hall–Kier alpha value is -1.80. The molecule has 0 heterocycles. The predicted molar refractivity (Wildman–Crippen MR) is 74.3 cm³/mol. The Balaban J connectivity index is 2.50. The Bertz CT molecular complexity index is 550. The van der Waals surface area contributed by atoms with E-state index in [4.69, 9.17) is 17.0 Å². The summed E-state index contributed by atoms with van der Waals surface area (Å²) in [5, 5.41) is 11.2. The van der Waals surface area contributed by atoms with Gasteiger partial charge in [0.15, 0.2) is 0 Å². The Labute approximate surface area is 106 Å². The molecule has 0 aliphatic carbocycles. The number of anilines is 1. The number of benzene rings is 2. The van der Waals surface area contributed by atoms with Gasteiger partial charge in [-0.15, -0.1) is 0 Å². The lowest BCUT2D eigenvalue weighted by molar-refractivity contribution is 1.47. The van der Waals surface area contributed by atoms with Gasteiger partial charge in [0.05, 0.1) is 0 Å². The second-order valence-electron chi connectivity index (χ2n) is 3.71. The van der Waals surface area contributed by atoms with Crippen molar-refractivity contribution in [3.8, 4) is 11.1 Å². The van der Waals surface area contributed by atoms with Gasteiger partial charge in [0.25, 0.3) is 0 Å². The van der Waals surface area contributed by atoms with Crippen molar-refractivity contribution in [2.24, 2.45) is 0 Å². The van der Waals surface area contributed by atoms with Crippen LogP contribution in [0.1, 0.15) is 5.56 Å². The molecule has 86 valence electrons. The van der Waals surface area contributed by atoms with Crippen molar-refractivity contribution in [3.63, 3.8) is 0 Å². The van der Waals surface area contributed by atoms with Crippen molar-refractivity contribution in [3.05, 3.63) is 53.1 Å². The molecular formula is C14H13ClN2. The largest absolute Gasteiger partial charge is 0.388 e. The van der Waals surface area contributed by atoms with E-state index in [0.717, 1.165) is 27.4 Å². The molecule has 0 saturated heterocycles. The fourth-order valence-corrected chi connectivity index (χ4v) is 1.95. The van der Waals surface area contributed by atoms with Gasteiger partial charge in [0.1, 0.15) is 0 Å². The maximum absolute atomic E-state index is 7.40. The number of nitrogens with one attached hydrogen (secondary N) is 2. The van der Waals surface area contributed by atoms with E-state index in [1.54, 1.807) is 0 Å². The smallest absolute Gasteiger partial charge is 0.0426 e. The molecule has 17 heavy (non-hydrogen) atoms. The predicted octanol–water partition coefficient (Wildman–Crippen LogP) is 4.05. The van der Waals surface area contributed by atoms with Crippen LogP contribution in [0.2, 0.25) is 5.02 Å². The zero-order valence-corrected chi connectivity index (χ0v) is 10.3. The third-order valence-electron chi connectivity index (χ3n) is 2.63. The number of halogens is 1. The number of rotatable bonds is 3. The van der Waals surface area contributed by atoms with Crippen LogP contribution < -0.4 is 5.32 Å². The molecule has 0 aromatic heterocycles. The first kappa shape index (κ1) is 11.7. The molecule has 2 rings (SSSR count). The van der Waals surface area contributed by atoms with Crippen LogP contribution in [0, 0.1) is 5.41 Å². The molecule has 3 heteroatoms. The summed E-state index contributed by atoms with van der Waals surface area (Å²) in [4.78, 5) is 0. The van der Waals surface area contributed by atoms with Gasteiger partial charge in [0, 0.05) is 29.5 Å². The Morgan fingerprint density at radius 3 is 2.53 bits per heavy atom. The highest BCUT2D eigenvalue weighted by molar-refractivity contribution is 6.30. The topological polar surface area (TPSA) is 35.9 Å². The molecule has 0 saturated carbocycles. The second-order valence-corrected chi connectivity index (χ2v) is 4.14. The van der Waals surface area contributed by atoms with Crippen LogP contribution >= 0.6 is 11.6 Å². The summed E-state index contributed by atoms with van der Waals surface area (Å²) in [5.41, 5.74) is 3.93. The van der Waals surface area contributed by atoms with E-state index in [9.17, 15) is 0 Å². The lowest BCUT2D eigenvalue weighted by atomic mass is 10.0. The minimum atomic E-state index is 0.719.